The number of anilines is 1. The number of amides is 2. The number of benzene rings is 3. The Balaban J connectivity index is 1.76. The molecule has 0 fully saturated rings. The second-order valence-electron chi connectivity index (χ2n) is 7.74. The highest BCUT2D eigenvalue weighted by Gasteiger charge is 2.39. The molecule has 0 unspecified atom stereocenters. The summed E-state index contributed by atoms with van der Waals surface area (Å²) in [5.41, 5.74) is 6.47. The molecular weight excluding hydrogens is 372 g/mol. The molecule has 4 nitrogen and oxygen atoms in total. The highest BCUT2D eigenvalue weighted by atomic mass is 16.2. The van der Waals surface area contributed by atoms with E-state index < -0.39 is 0 Å². The number of nitrogens with one attached hydrogen (secondary N) is 1. The molecule has 0 saturated carbocycles. The van der Waals surface area contributed by atoms with Gasteiger partial charge in [-0.1, -0.05) is 77.9 Å². The van der Waals surface area contributed by atoms with Crippen LogP contribution in [0.25, 0.3) is 5.57 Å². The van der Waals surface area contributed by atoms with Gasteiger partial charge in [-0.3, -0.25) is 14.5 Å². The fraction of sp³-hybridized carbons (Fsp3) is 0.154. The zero-order valence-corrected chi connectivity index (χ0v) is 17.4. The molecule has 0 spiro atoms. The van der Waals surface area contributed by atoms with Gasteiger partial charge in [-0.15, -0.1) is 0 Å². The van der Waals surface area contributed by atoms with Crippen LogP contribution in [-0.2, 0) is 16.1 Å². The Hall–Kier alpha value is -3.66. The van der Waals surface area contributed by atoms with Gasteiger partial charge in [0.05, 0.1) is 12.1 Å². The van der Waals surface area contributed by atoms with E-state index in [0.717, 1.165) is 33.5 Å². The van der Waals surface area contributed by atoms with Crippen molar-refractivity contribution in [3.8, 4) is 0 Å². The van der Waals surface area contributed by atoms with E-state index >= 15 is 0 Å². The summed E-state index contributed by atoms with van der Waals surface area (Å²) in [5.74, 6) is -0.584. The van der Waals surface area contributed by atoms with E-state index in [4.69, 9.17) is 0 Å². The Morgan fingerprint density at radius 1 is 0.767 bits per heavy atom. The molecule has 1 aliphatic heterocycles. The first-order valence-corrected chi connectivity index (χ1v) is 10.00. The zero-order valence-electron chi connectivity index (χ0n) is 17.4. The average molecular weight is 396 g/mol. The first kappa shape index (κ1) is 19.6. The maximum Gasteiger partial charge on any atom is 0.278 e. The summed E-state index contributed by atoms with van der Waals surface area (Å²) >= 11 is 0. The standard InChI is InChI=1S/C26H24N2O2/c1-17-9-12-21(13-10-17)23-24(27-22-14-11-18(2)15-19(22)3)26(30)28(25(23)29)16-20-7-5-4-6-8-20/h4-15,27H,16H2,1-3H3. The van der Waals surface area contributed by atoms with Gasteiger partial charge < -0.3 is 5.32 Å². The molecule has 1 N–H and O–H groups in total. The van der Waals surface area contributed by atoms with E-state index in [-0.39, 0.29) is 18.4 Å². The third-order valence-electron chi connectivity index (χ3n) is 5.33. The second-order valence-corrected chi connectivity index (χ2v) is 7.74. The van der Waals surface area contributed by atoms with Crippen LogP contribution in [0.3, 0.4) is 0 Å². The summed E-state index contributed by atoms with van der Waals surface area (Å²) < 4.78 is 0. The zero-order chi connectivity index (χ0) is 21.3. The lowest BCUT2D eigenvalue weighted by molar-refractivity contribution is -0.137. The minimum Gasteiger partial charge on any atom is -0.350 e. The van der Waals surface area contributed by atoms with Crippen LogP contribution in [-0.4, -0.2) is 16.7 Å². The molecule has 0 aliphatic carbocycles. The van der Waals surface area contributed by atoms with Gasteiger partial charge in [0, 0.05) is 5.69 Å². The average Bonchev–Trinajstić information content (AvgIpc) is 2.96. The molecule has 3 aromatic carbocycles. The third-order valence-corrected chi connectivity index (χ3v) is 5.33. The number of nitrogens with zero attached hydrogens (tertiary/aromatic N) is 1. The Labute approximate surface area is 176 Å². The van der Waals surface area contributed by atoms with Gasteiger partial charge in [0.25, 0.3) is 11.8 Å². The minimum absolute atomic E-state index is 0.242. The molecule has 0 atom stereocenters. The number of hydrogen-bond donors (Lipinski definition) is 1. The van der Waals surface area contributed by atoms with Crippen molar-refractivity contribution in [3.05, 3.63) is 106 Å². The smallest absolute Gasteiger partial charge is 0.278 e. The van der Waals surface area contributed by atoms with Crippen LogP contribution < -0.4 is 5.32 Å². The van der Waals surface area contributed by atoms with Crippen molar-refractivity contribution in [2.45, 2.75) is 27.3 Å². The molecule has 4 heteroatoms. The van der Waals surface area contributed by atoms with Crippen LogP contribution in [0, 0.1) is 20.8 Å². The first-order chi connectivity index (χ1) is 14.4. The molecule has 1 heterocycles. The summed E-state index contributed by atoms with van der Waals surface area (Å²) in [5, 5.41) is 3.26. The van der Waals surface area contributed by atoms with Crippen LogP contribution in [0.1, 0.15) is 27.8 Å². The van der Waals surface area contributed by atoms with E-state index in [9.17, 15) is 9.59 Å². The van der Waals surface area contributed by atoms with Gasteiger partial charge in [-0.25, -0.2) is 0 Å². The Morgan fingerprint density at radius 2 is 1.43 bits per heavy atom. The maximum atomic E-state index is 13.4. The Kier molecular flexibility index (Phi) is 5.23. The van der Waals surface area contributed by atoms with E-state index in [1.807, 2.05) is 87.5 Å². The predicted octanol–water partition coefficient (Wildman–Crippen LogP) is 5.00. The van der Waals surface area contributed by atoms with Crippen LogP contribution in [0.4, 0.5) is 5.69 Å². The number of rotatable bonds is 5. The number of aryl methyl sites for hydroxylation is 3. The second kappa shape index (κ2) is 7.99. The molecule has 1 aliphatic rings. The van der Waals surface area contributed by atoms with Gasteiger partial charge in [0.1, 0.15) is 5.70 Å². The van der Waals surface area contributed by atoms with E-state index in [1.165, 1.54) is 4.90 Å². The van der Waals surface area contributed by atoms with Crippen molar-refractivity contribution in [1.82, 2.24) is 4.90 Å². The van der Waals surface area contributed by atoms with Gasteiger partial charge in [-0.2, -0.15) is 0 Å². The summed E-state index contributed by atoms with van der Waals surface area (Å²) in [7, 11) is 0. The molecule has 2 amide bonds. The topological polar surface area (TPSA) is 49.4 Å². The number of carbonyl (C=O) groups is 2. The number of hydrogen-bond acceptors (Lipinski definition) is 3. The quantitative estimate of drug-likeness (QED) is 0.617. The SMILES string of the molecule is Cc1ccc(C2=C(Nc3ccc(C)cc3C)C(=O)N(Cc3ccccc3)C2=O)cc1. The fourth-order valence-electron chi connectivity index (χ4n) is 3.68. The van der Waals surface area contributed by atoms with Gasteiger partial charge >= 0.3 is 0 Å². The Bertz CT molecular complexity index is 1150. The van der Waals surface area contributed by atoms with Gasteiger partial charge in [0.2, 0.25) is 0 Å². The summed E-state index contributed by atoms with van der Waals surface area (Å²) in [6.45, 7) is 6.26. The van der Waals surface area contributed by atoms with Crippen LogP contribution in [0.15, 0.2) is 78.5 Å². The molecular formula is C26H24N2O2. The van der Waals surface area contributed by atoms with E-state index in [1.54, 1.807) is 0 Å². The molecule has 4 rings (SSSR count). The molecule has 0 bridgehead atoms. The molecule has 30 heavy (non-hydrogen) atoms. The van der Waals surface area contributed by atoms with Crippen molar-refractivity contribution in [1.29, 1.82) is 0 Å². The highest BCUT2D eigenvalue weighted by Crippen LogP contribution is 2.32. The fourth-order valence-corrected chi connectivity index (χ4v) is 3.68. The first-order valence-electron chi connectivity index (χ1n) is 10.00. The van der Waals surface area contributed by atoms with Crippen LogP contribution >= 0.6 is 0 Å². The van der Waals surface area contributed by atoms with Crippen molar-refractivity contribution < 1.29 is 9.59 Å². The lowest BCUT2D eigenvalue weighted by Gasteiger charge is -2.16. The lowest BCUT2D eigenvalue weighted by Crippen LogP contribution is -2.32. The number of carbonyl (C=O) groups excluding carboxylic acids is 2. The van der Waals surface area contributed by atoms with Gasteiger partial charge in [0.15, 0.2) is 0 Å². The summed E-state index contributed by atoms with van der Waals surface area (Å²) in [6.07, 6.45) is 0. The maximum absolute atomic E-state index is 13.4. The molecule has 0 saturated heterocycles. The van der Waals surface area contributed by atoms with Crippen molar-refractivity contribution >= 4 is 23.1 Å². The van der Waals surface area contributed by atoms with Crippen LogP contribution in [0.5, 0.6) is 0 Å². The largest absolute Gasteiger partial charge is 0.350 e. The Morgan fingerprint density at radius 3 is 2.10 bits per heavy atom. The minimum atomic E-state index is -0.306. The van der Waals surface area contributed by atoms with E-state index in [0.29, 0.717) is 11.3 Å². The van der Waals surface area contributed by atoms with Gasteiger partial charge in [-0.05, 0) is 43.5 Å². The molecule has 3 aromatic rings. The molecule has 0 aromatic heterocycles. The predicted molar refractivity (Wildman–Crippen MR) is 120 cm³/mol. The third kappa shape index (κ3) is 3.77. The number of imide groups is 1. The highest BCUT2D eigenvalue weighted by molar-refractivity contribution is 6.36. The van der Waals surface area contributed by atoms with Crippen LogP contribution in [0.2, 0.25) is 0 Å². The van der Waals surface area contributed by atoms with Crippen molar-refractivity contribution in [3.63, 3.8) is 0 Å². The molecule has 0 radical (unpaired) electrons. The summed E-state index contributed by atoms with van der Waals surface area (Å²) in [4.78, 5) is 28.0. The molecule has 150 valence electrons. The summed E-state index contributed by atoms with van der Waals surface area (Å²) in [6, 6.07) is 23.3. The van der Waals surface area contributed by atoms with Crippen molar-refractivity contribution in [2.24, 2.45) is 0 Å². The van der Waals surface area contributed by atoms with E-state index in [2.05, 4.69) is 11.4 Å². The monoisotopic (exact) mass is 396 g/mol. The lowest BCUT2D eigenvalue weighted by atomic mass is 10.0. The normalized spacial score (nSPS) is 13.9. The van der Waals surface area contributed by atoms with Crippen molar-refractivity contribution in [2.75, 3.05) is 5.32 Å².